The summed E-state index contributed by atoms with van der Waals surface area (Å²) in [5, 5.41) is 0. The molecule has 1 atom stereocenters. The van der Waals surface area contributed by atoms with Crippen LogP contribution in [0.2, 0.25) is 0 Å². The summed E-state index contributed by atoms with van der Waals surface area (Å²) in [6.07, 6.45) is 8.69. The Bertz CT molecular complexity index is 660. The zero-order valence-corrected chi connectivity index (χ0v) is 11.1. The number of nitrogens with one attached hydrogen (secondary N) is 1. The van der Waals surface area contributed by atoms with E-state index < -0.39 is 6.09 Å². The summed E-state index contributed by atoms with van der Waals surface area (Å²) in [5.41, 5.74) is 9.34. The molecule has 20 heavy (non-hydrogen) atoms. The maximum atomic E-state index is 10.9. The number of primary amides is 1. The van der Waals surface area contributed by atoms with E-state index in [4.69, 9.17) is 10.5 Å². The maximum Gasteiger partial charge on any atom is 0.405 e. The highest BCUT2D eigenvalue weighted by Crippen LogP contribution is 2.31. The minimum Gasteiger partial charge on any atom is -0.442 e. The number of pyridine rings is 1. The normalized spacial score (nSPS) is 19.4. The van der Waals surface area contributed by atoms with Crippen LogP contribution in [-0.2, 0) is 4.74 Å². The zero-order chi connectivity index (χ0) is 13.9. The molecule has 0 aliphatic heterocycles. The Kier molecular flexibility index (Phi) is 3.41. The van der Waals surface area contributed by atoms with Crippen LogP contribution in [0.25, 0.3) is 16.6 Å². The topological polar surface area (TPSA) is 81.0 Å². The van der Waals surface area contributed by atoms with Crippen LogP contribution < -0.4 is 5.73 Å². The molecule has 5 heteroatoms. The number of ether oxygens (including phenoxy) is 1. The van der Waals surface area contributed by atoms with Crippen LogP contribution in [-0.4, -0.2) is 22.2 Å². The zero-order valence-electron chi connectivity index (χ0n) is 11.1. The average molecular weight is 271 g/mol. The molecule has 0 saturated heterocycles. The minimum absolute atomic E-state index is 0.237. The molecule has 2 aromatic rings. The number of hydrogen-bond acceptors (Lipinski definition) is 3. The second-order valence-corrected chi connectivity index (χ2v) is 5.01. The number of fused-ring (bicyclic) bond motifs is 1. The third-order valence-corrected chi connectivity index (χ3v) is 3.62. The van der Waals surface area contributed by atoms with Crippen molar-refractivity contribution in [1.82, 2.24) is 9.97 Å². The van der Waals surface area contributed by atoms with Gasteiger partial charge in [-0.3, -0.25) is 4.98 Å². The van der Waals surface area contributed by atoms with Gasteiger partial charge in [0.2, 0.25) is 0 Å². The van der Waals surface area contributed by atoms with Gasteiger partial charge in [-0.1, -0.05) is 0 Å². The standard InChI is InChI=1S/C15H17N3O2/c16-15(19)20-11-5-2-1-4-10(8-11)12-9-18-13-6-3-7-17-14(12)13/h3,6-9,11,18H,1-2,4-5H2,(H2,16,19). The van der Waals surface area contributed by atoms with Crippen LogP contribution in [0.15, 0.2) is 30.6 Å². The quantitative estimate of drug-likeness (QED) is 0.881. The van der Waals surface area contributed by atoms with E-state index in [1.54, 1.807) is 6.20 Å². The number of aromatic amines is 1. The van der Waals surface area contributed by atoms with Crippen LogP contribution in [0.3, 0.4) is 0 Å². The lowest BCUT2D eigenvalue weighted by atomic mass is 10.0. The van der Waals surface area contributed by atoms with Crippen LogP contribution in [0.4, 0.5) is 4.79 Å². The van der Waals surface area contributed by atoms with Gasteiger partial charge in [0.25, 0.3) is 0 Å². The largest absolute Gasteiger partial charge is 0.442 e. The van der Waals surface area contributed by atoms with E-state index in [1.165, 1.54) is 5.57 Å². The van der Waals surface area contributed by atoms with Gasteiger partial charge in [0.1, 0.15) is 6.10 Å². The van der Waals surface area contributed by atoms with Crippen LogP contribution in [0, 0.1) is 0 Å². The van der Waals surface area contributed by atoms with Gasteiger partial charge in [-0.2, -0.15) is 0 Å². The predicted molar refractivity (Wildman–Crippen MR) is 77.0 cm³/mol. The van der Waals surface area contributed by atoms with E-state index in [1.807, 2.05) is 24.4 Å². The fourth-order valence-electron chi connectivity index (χ4n) is 2.72. The number of H-pyrrole nitrogens is 1. The minimum atomic E-state index is -0.718. The molecular weight excluding hydrogens is 254 g/mol. The highest BCUT2D eigenvalue weighted by molar-refractivity contribution is 5.89. The Morgan fingerprint density at radius 1 is 1.45 bits per heavy atom. The van der Waals surface area contributed by atoms with Crippen molar-refractivity contribution in [2.45, 2.75) is 31.8 Å². The molecule has 1 aliphatic rings. The first-order chi connectivity index (χ1) is 9.74. The molecule has 1 aliphatic carbocycles. The van der Waals surface area contributed by atoms with Gasteiger partial charge in [0, 0.05) is 18.0 Å². The number of rotatable bonds is 2. The van der Waals surface area contributed by atoms with Gasteiger partial charge in [-0.15, -0.1) is 0 Å². The van der Waals surface area contributed by atoms with Gasteiger partial charge < -0.3 is 15.5 Å². The summed E-state index contributed by atoms with van der Waals surface area (Å²) in [6, 6.07) is 3.91. The summed E-state index contributed by atoms with van der Waals surface area (Å²) in [5.74, 6) is 0. The molecule has 2 aromatic heterocycles. The smallest absolute Gasteiger partial charge is 0.405 e. The number of nitrogens with zero attached hydrogens (tertiary/aromatic N) is 1. The lowest BCUT2D eigenvalue weighted by molar-refractivity contribution is 0.125. The summed E-state index contributed by atoms with van der Waals surface area (Å²) in [6.45, 7) is 0. The van der Waals surface area contributed by atoms with E-state index in [-0.39, 0.29) is 6.10 Å². The molecule has 0 aromatic carbocycles. The number of amides is 1. The lowest BCUT2D eigenvalue weighted by Gasteiger charge is -2.11. The molecule has 0 spiro atoms. The van der Waals surface area contributed by atoms with Crippen LogP contribution >= 0.6 is 0 Å². The van der Waals surface area contributed by atoms with Crippen molar-refractivity contribution in [3.05, 3.63) is 36.2 Å². The van der Waals surface area contributed by atoms with Crippen molar-refractivity contribution >= 4 is 22.7 Å². The molecule has 3 rings (SSSR count). The number of aromatic nitrogens is 2. The first-order valence-corrected chi connectivity index (χ1v) is 6.83. The van der Waals surface area contributed by atoms with E-state index in [0.717, 1.165) is 42.3 Å². The third-order valence-electron chi connectivity index (χ3n) is 3.62. The first kappa shape index (κ1) is 12.7. The van der Waals surface area contributed by atoms with Crippen LogP contribution in [0.5, 0.6) is 0 Å². The Morgan fingerprint density at radius 2 is 2.35 bits per heavy atom. The first-order valence-electron chi connectivity index (χ1n) is 6.83. The molecule has 0 bridgehead atoms. The average Bonchev–Trinajstić information content (AvgIpc) is 2.72. The number of hydrogen-bond donors (Lipinski definition) is 2. The van der Waals surface area contributed by atoms with Gasteiger partial charge in [0.15, 0.2) is 0 Å². The number of allylic oxidation sites excluding steroid dienone is 1. The second kappa shape index (κ2) is 5.36. The summed E-state index contributed by atoms with van der Waals surface area (Å²) >= 11 is 0. The third kappa shape index (κ3) is 2.52. The van der Waals surface area contributed by atoms with Crippen molar-refractivity contribution in [2.75, 3.05) is 0 Å². The Balaban J connectivity index is 1.97. The molecular formula is C15H17N3O2. The fraction of sp³-hybridized carbons (Fsp3) is 0.333. The van der Waals surface area contributed by atoms with Crippen molar-refractivity contribution in [1.29, 1.82) is 0 Å². The van der Waals surface area contributed by atoms with E-state index in [2.05, 4.69) is 9.97 Å². The summed E-state index contributed by atoms with van der Waals surface area (Å²) in [4.78, 5) is 18.6. The number of nitrogens with two attached hydrogens (primary N) is 1. The van der Waals surface area contributed by atoms with Crippen LogP contribution in [0.1, 0.15) is 31.2 Å². The summed E-state index contributed by atoms with van der Waals surface area (Å²) in [7, 11) is 0. The highest BCUT2D eigenvalue weighted by atomic mass is 16.6. The van der Waals surface area contributed by atoms with Crippen molar-refractivity contribution in [3.63, 3.8) is 0 Å². The Hall–Kier alpha value is -2.30. The molecule has 0 saturated carbocycles. The van der Waals surface area contributed by atoms with Gasteiger partial charge in [0.05, 0.1) is 11.0 Å². The van der Waals surface area contributed by atoms with Gasteiger partial charge >= 0.3 is 6.09 Å². The Labute approximate surface area is 116 Å². The SMILES string of the molecule is NC(=O)OC1C=C(c2c[nH]c3cccnc23)CCCC1. The number of carbonyl (C=O) groups is 1. The molecule has 104 valence electrons. The molecule has 5 nitrogen and oxygen atoms in total. The van der Waals surface area contributed by atoms with E-state index in [9.17, 15) is 4.79 Å². The van der Waals surface area contributed by atoms with E-state index in [0.29, 0.717) is 0 Å². The lowest BCUT2D eigenvalue weighted by Crippen LogP contribution is -2.21. The molecule has 0 fully saturated rings. The monoisotopic (exact) mass is 271 g/mol. The Morgan fingerprint density at radius 3 is 3.20 bits per heavy atom. The maximum absolute atomic E-state index is 10.9. The summed E-state index contributed by atoms with van der Waals surface area (Å²) < 4.78 is 5.14. The molecule has 2 heterocycles. The molecule has 1 amide bonds. The van der Waals surface area contributed by atoms with Crippen molar-refractivity contribution < 1.29 is 9.53 Å². The number of carbonyl (C=O) groups excluding carboxylic acids is 1. The molecule has 0 radical (unpaired) electrons. The van der Waals surface area contributed by atoms with Gasteiger partial charge in [-0.05, 0) is 49.5 Å². The molecule has 1 unspecified atom stereocenters. The van der Waals surface area contributed by atoms with Crippen molar-refractivity contribution in [2.24, 2.45) is 5.73 Å². The highest BCUT2D eigenvalue weighted by Gasteiger charge is 2.18. The second-order valence-electron chi connectivity index (χ2n) is 5.01. The fourth-order valence-corrected chi connectivity index (χ4v) is 2.72. The van der Waals surface area contributed by atoms with Crippen molar-refractivity contribution in [3.8, 4) is 0 Å². The molecule has 3 N–H and O–H groups in total. The van der Waals surface area contributed by atoms with E-state index >= 15 is 0 Å². The van der Waals surface area contributed by atoms with Gasteiger partial charge in [-0.25, -0.2) is 4.79 Å². The predicted octanol–water partition coefficient (Wildman–Crippen LogP) is 2.98.